The third-order valence-electron chi connectivity index (χ3n) is 3.67. The number of carbonyl (C=O) groups is 1. The molecule has 0 aliphatic carbocycles. The molecule has 1 aromatic heterocycles. The van der Waals surface area contributed by atoms with Crippen molar-refractivity contribution in [2.45, 2.75) is 25.7 Å². The molecule has 1 fully saturated rings. The quantitative estimate of drug-likeness (QED) is 0.855. The molecular formula is C15H16ClN3O2. The SMILES string of the molecule is Cc1noc([C@H]2CCCN(C(=O)c3cccc(Cl)c3)C2)n1. The van der Waals surface area contributed by atoms with Gasteiger partial charge in [0.1, 0.15) is 0 Å². The summed E-state index contributed by atoms with van der Waals surface area (Å²) in [6, 6.07) is 7.04. The summed E-state index contributed by atoms with van der Waals surface area (Å²) in [5, 5.41) is 4.40. The highest BCUT2D eigenvalue weighted by Crippen LogP contribution is 2.27. The van der Waals surface area contributed by atoms with Crippen LogP contribution in [0.2, 0.25) is 5.02 Å². The topological polar surface area (TPSA) is 59.2 Å². The summed E-state index contributed by atoms with van der Waals surface area (Å²) < 4.78 is 5.24. The summed E-state index contributed by atoms with van der Waals surface area (Å²) in [7, 11) is 0. The summed E-state index contributed by atoms with van der Waals surface area (Å²) >= 11 is 5.95. The number of rotatable bonds is 2. The van der Waals surface area contributed by atoms with Gasteiger partial charge in [0, 0.05) is 23.7 Å². The number of halogens is 1. The van der Waals surface area contributed by atoms with E-state index < -0.39 is 0 Å². The minimum atomic E-state index is -0.00145. The smallest absolute Gasteiger partial charge is 0.253 e. The minimum Gasteiger partial charge on any atom is -0.339 e. The van der Waals surface area contributed by atoms with E-state index in [1.165, 1.54) is 0 Å². The number of amides is 1. The van der Waals surface area contributed by atoms with E-state index in [-0.39, 0.29) is 11.8 Å². The van der Waals surface area contributed by atoms with Crippen molar-refractivity contribution >= 4 is 17.5 Å². The number of aryl methyl sites for hydroxylation is 1. The van der Waals surface area contributed by atoms with Crippen LogP contribution in [-0.2, 0) is 0 Å². The summed E-state index contributed by atoms with van der Waals surface area (Å²) in [5.74, 6) is 1.36. The zero-order valence-corrected chi connectivity index (χ0v) is 12.5. The second-order valence-electron chi connectivity index (χ2n) is 5.28. The average molecular weight is 306 g/mol. The Morgan fingerprint density at radius 3 is 3.05 bits per heavy atom. The van der Waals surface area contributed by atoms with E-state index in [0.717, 1.165) is 19.4 Å². The zero-order chi connectivity index (χ0) is 14.8. The van der Waals surface area contributed by atoms with Gasteiger partial charge in [-0.05, 0) is 38.0 Å². The van der Waals surface area contributed by atoms with E-state index in [1.54, 1.807) is 31.2 Å². The largest absolute Gasteiger partial charge is 0.339 e. The molecule has 5 nitrogen and oxygen atoms in total. The van der Waals surface area contributed by atoms with Crippen LogP contribution >= 0.6 is 11.6 Å². The molecule has 1 aliphatic heterocycles. The molecule has 0 N–H and O–H groups in total. The lowest BCUT2D eigenvalue weighted by Crippen LogP contribution is -2.39. The van der Waals surface area contributed by atoms with E-state index in [4.69, 9.17) is 16.1 Å². The van der Waals surface area contributed by atoms with Crippen molar-refractivity contribution in [1.29, 1.82) is 0 Å². The Bertz CT molecular complexity index is 656. The van der Waals surface area contributed by atoms with Crippen LogP contribution in [0, 0.1) is 6.92 Å². The Kier molecular flexibility index (Phi) is 3.92. The molecule has 0 unspecified atom stereocenters. The maximum Gasteiger partial charge on any atom is 0.253 e. The van der Waals surface area contributed by atoms with E-state index in [1.807, 2.05) is 4.90 Å². The van der Waals surface area contributed by atoms with Crippen molar-refractivity contribution in [2.24, 2.45) is 0 Å². The third-order valence-corrected chi connectivity index (χ3v) is 3.91. The molecule has 0 radical (unpaired) electrons. The van der Waals surface area contributed by atoms with Crippen molar-refractivity contribution in [2.75, 3.05) is 13.1 Å². The Balaban J connectivity index is 1.75. The van der Waals surface area contributed by atoms with Crippen molar-refractivity contribution in [1.82, 2.24) is 15.0 Å². The van der Waals surface area contributed by atoms with Gasteiger partial charge in [-0.3, -0.25) is 4.79 Å². The predicted molar refractivity (Wildman–Crippen MR) is 78.4 cm³/mol. The van der Waals surface area contributed by atoms with Gasteiger partial charge < -0.3 is 9.42 Å². The van der Waals surface area contributed by atoms with Gasteiger partial charge in [-0.25, -0.2) is 0 Å². The van der Waals surface area contributed by atoms with Crippen LogP contribution in [0.4, 0.5) is 0 Å². The number of benzene rings is 1. The molecule has 2 aromatic rings. The van der Waals surface area contributed by atoms with Crippen LogP contribution in [0.1, 0.15) is 40.8 Å². The van der Waals surface area contributed by atoms with Gasteiger partial charge in [-0.15, -0.1) is 0 Å². The number of nitrogens with zero attached hydrogens (tertiary/aromatic N) is 3. The van der Waals surface area contributed by atoms with E-state index in [0.29, 0.717) is 28.8 Å². The fraction of sp³-hybridized carbons (Fsp3) is 0.400. The molecule has 1 saturated heterocycles. The van der Waals surface area contributed by atoms with Crippen LogP contribution in [-0.4, -0.2) is 34.0 Å². The average Bonchev–Trinajstić information content (AvgIpc) is 2.93. The molecule has 1 aliphatic rings. The molecule has 3 rings (SSSR count). The van der Waals surface area contributed by atoms with Gasteiger partial charge in [0.2, 0.25) is 5.89 Å². The maximum atomic E-state index is 12.5. The normalized spacial score (nSPS) is 18.8. The molecule has 6 heteroatoms. The maximum absolute atomic E-state index is 12.5. The molecule has 0 spiro atoms. The fourth-order valence-electron chi connectivity index (χ4n) is 2.65. The van der Waals surface area contributed by atoms with Crippen molar-refractivity contribution < 1.29 is 9.32 Å². The molecule has 110 valence electrons. The van der Waals surface area contributed by atoms with Gasteiger partial charge in [-0.2, -0.15) is 4.98 Å². The number of aromatic nitrogens is 2. The first kappa shape index (κ1) is 14.1. The predicted octanol–water partition coefficient (Wildman–Crippen LogP) is 3.05. The van der Waals surface area contributed by atoms with Crippen LogP contribution in [0.25, 0.3) is 0 Å². The van der Waals surface area contributed by atoms with Gasteiger partial charge in [0.25, 0.3) is 5.91 Å². The summed E-state index contributed by atoms with van der Waals surface area (Å²) in [4.78, 5) is 18.6. The van der Waals surface area contributed by atoms with Gasteiger partial charge in [-0.1, -0.05) is 22.8 Å². The van der Waals surface area contributed by atoms with E-state index >= 15 is 0 Å². The second-order valence-corrected chi connectivity index (χ2v) is 5.72. The number of piperidine rings is 1. The van der Waals surface area contributed by atoms with E-state index in [9.17, 15) is 4.79 Å². The molecule has 2 heterocycles. The molecule has 0 bridgehead atoms. The Labute approximate surface area is 127 Å². The standard InChI is InChI=1S/C15H16ClN3O2/c1-10-17-14(21-18-10)12-5-3-7-19(9-12)15(20)11-4-2-6-13(16)8-11/h2,4,6,8,12H,3,5,7,9H2,1H3/t12-/m0/s1. The van der Waals surface area contributed by atoms with Crippen molar-refractivity contribution in [3.8, 4) is 0 Å². The molecule has 1 atom stereocenters. The van der Waals surface area contributed by atoms with Crippen LogP contribution in [0.3, 0.4) is 0 Å². The molecule has 1 amide bonds. The zero-order valence-electron chi connectivity index (χ0n) is 11.8. The number of carbonyl (C=O) groups excluding carboxylic acids is 1. The monoisotopic (exact) mass is 305 g/mol. The molecule has 21 heavy (non-hydrogen) atoms. The third kappa shape index (κ3) is 3.08. The van der Waals surface area contributed by atoms with Crippen molar-refractivity contribution in [3.63, 3.8) is 0 Å². The minimum absolute atomic E-state index is 0.00145. The lowest BCUT2D eigenvalue weighted by Gasteiger charge is -2.31. The van der Waals surface area contributed by atoms with Gasteiger partial charge >= 0.3 is 0 Å². The second kappa shape index (κ2) is 5.85. The van der Waals surface area contributed by atoms with Gasteiger partial charge in [0.05, 0.1) is 5.92 Å². The lowest BCUT2D eigenvalue weighted by atomic mass is 9.97. The Morgan fingerprint density at radius 1 is 1.48 bits per heavy atom. The van der Waals surface area contributed by atoms with Crippen LogP contribution in [0.15, 0.2) is 28.8 Å². The summed E-state index contributed by atoms with van der Waals surface area (Å²) in [5.41, 5.74) is 0.616. The highest BCUT2D eigenvalue weighted by Gasteiger charge is 2.28. The number of likely N-dealkylation sites (tertiary alicyclic amines) is 1. The lowest BCUT2D eigenvalue weighted by molar-refractivity contribution is 0.0695. The van der Waals surface area contributed by atoms with Crippen molar-refractivity contribution in [3.05, 3.63) is 46.6 Å². The first-order valence-electron chi connectivity index (χ1n) is 6.98. The molecule has 1 aromatic carbocycles. The highest BCUT2D eigenvalue weighted by atomic mass is 35.5. The summed E-state index contributed by atoms with van der Waals surface area (Å²) in [6.07, 6.45) is 1.89. The fourth-order valence-corrected chi connectivity index (χ4v) is 2.84. The molecule has 0 saturated carbocycles. The first-order valence-corrected chi connectivity index (χ1v) is 7.36. The molecular weight excluding hydrogens is 290 g/mol. The first-order chi connectivity index (χ1) is 10.1. The van der Waals surface area contributed by atoms with Crippen LogP contribution < -0.4 is 0 Å². The summed E-state index contributed by atoms with van der Waals surface area (Å²) in [6.45, 7) is 3.15. The Hall–Kier alpha value is -1.88. The van der Waals surface area contributed by atoms with E-state index in [2.05, 4.69) is 10.1 Å². The highest BCUT2D eigenvalue weighted by molar-refractivity contribution is 6.30. The van der Waals surface area contributed by atoms with Gasteiger partial charge in [0.15, 0.2) is 5.82 Å². The Morgan fingerprint density at radius 2 is 2.33 bits per heavy atom. The number of hydrogen-bond donors (Lipinski definition) is 0. The number of hydrogen-bond acceptors (Lipinski definition) is 4. The van der Waals surface area contributed by atoms with Crippen LogP contribution in [0.5, 0.6) is 0 Å².